The first kappa shape index (κ1) is 11.6. The zero-order chi connectivity index (χ0) is 10.4. The third-order valence-electron chi connectivity index (χ3n) is 1.67. The van der Waals surface area contributed by atoms with E-state index in [1.54, 1.807) is 6.08 Å². The lowest BCUT2D eigenvalue weighted by Gasteiger charge is -2.06. The van der Waals surface area contributed by atoms with E-state index in [2.05, 4.69) is 5.32 Å². The molecule has 0 saturated carbocycles. The van der Waals surface area contributed by atoms with Crippen LogP contribution in [0, 0.1) is 5.92 Å². The molecule has 0 rings (SSSR count). The van der Waals surface area contributed by atoms with Gasteiger partial charge in [0.1, 0.15) is 0 Å². The van der Waals surface area contributed by atoms with Crippen LogP contribution in [-0.2, 0) is 4.79 Å². The molecule has 4 nitrogen and oxygen atoms in total. The Balaban J connectivity index is 4.62. The Kier molecular flexibility index (Phi) is 4.66. The maximum Gasteiger partial charge on any atom is 0.266 e. The molecule has 5 N–H and O–H groups in total. The Hall–Kier alpha value is -1.45. The van der Waals surface area contributed by atoms with Crippen molar-refractivity contribution in [3.8, 4) is 0 Å². The number of nitrogens with one attached hydrogen (secondary N) is 1. The van der Waals surface area contributed by atoms with Gasteiger partial charge in [0.15, 0.2) is 0 Å². The quantitative estimate of drug-likeness (QED) is 0.428. The van der Waals surface area contributed by atoms with Crippen molar-refractivity contribution < 1.29 is 4.79 Å². The SMILES string of the molecule is CNC(=O)/C(N)=C/C(=C\N)C(C)C. The summed E-state index contributed by atoms with van der Waals surface area (Å²) in [4.78, 5) is 11.0. The van der Waals surface area contributed by atoms with E-state index in [1.165, 1.54) is 13.2 Å². The molecule has 0 radical (unpaired) electrons. The van der Waals surface area contributed by atoms with Crippen molar-refractivity contribution in [2.24, 2.45) is 17.4 Å². The lowest BCUT2D eigenvalue weighted by atomic mass is 10.0. The van der Waals surface area contributed by atoms with E-state index >= 15 is 0 Å². The van der Waals surface area contributed by atoms with Gasteiger partial charge in [-0.15, -0.1) is 0 Å². The van der Waals surface area contributed by atoms with Crippen molar-refractivity contribution >= 4 is 5.91 Å². The van der Waals surface area contributed by atoms with Crippen molar-refractivity contribution in [1.82, 2.24) is 5.32 Å². The molecule has 0 saturated heterocycles. The number of allylic oxidation sites excluding steroid dienone is 2. The van der Waals surface area contributed by atoms with Crippen LogP contribution >= 0.6 is 0 Å². The molecular formula is C9H17N3O. The molecule has 0 aliphatic heterocycles. The van der Waals surface area contributed by atoms with Crippen LogP contribution in [0.25, 0.3) is 0 Å². The van der Waals surface area contributed by atoms with Crippen LogP contribution in [0.3, 0.4) is 0 Å². The number of amides is 1. The molecular weight excluding hydrogens is 166 g/mol. The number of hydrogen-bond acceptors (Lipinski definition) is 3. The lowest BCUT2D eigenvalue weighted by molar-refractivity contribution is -0.117. The van der Waals surface area contributed by atoms with Gasteiger partial charge < -0.3 is 16.8 Å². The van der Waals surface area contributed by atoms with Gasteiger partial charge in [0, 0.05) is 7.05 Å². The van der Waals surface area contributed by atoms with Crippen LogP contribution in [0.4, 0.5) is 0 Å². The van der Waals surface area contributed by atoms with Crippen LogP contribution < -0.4 is 16.8 Å². The second-order valence-corrected chi connectivity index (χ2v) is 3.00. The fraction of sp³-hybridized carbons (Fsp3) is 0.444. The first-order valence-corrected chi connectivity index (χ1v) is 4.14. The number of rotatable bonds is 3. The maximum atomic E-state index is 11.0. The summed E-state index contributed by atoms with van der Waals surface area (Å²) in [5, 5.41) is 2.43. The highest BCUT2D eigenvalue weighted by Gasteiger charge is 2.05. The molecule has 1 amide bonds. The van der Waals surface area contributed by atoms with Crippen LogP contribution in [0.2, 0.25) is 0 Å². The Morgan fingerprint density at radius 2 is 2.00 bits per heavy atom. The third kappa shape index (κ3) is 3.64. The molecule has 0 aromatic rings. The fourth-order valence-corrected chi connectivity index (χ4v) is 0.797. The standard InChI is InChI=1S/C9H17N3O/c1-6(2)7(5-10)4-8(11)9(13)12-3/h4-6H,10-11H2,1-3H3,(H,12,13)/b7-5+,8-4-. The minimum Gasteiger partial charge on any atom is -0.404 e. The van der Waals surface area contributed by atoms with Crippen molar-refractivity contribution in [2.75, 3.05) is 7.05 Å². The molecule has 13 heavy (non-hydrogen) atoms. The summed E-state index contributed by atoms with van der Waals surface area (Å²) in [7, 11) is 1.53. The monoisotopic (exact) mass is 183 g/mol. The van der Waals surface area contributed by atoms with Gasteiger partial charge in [-0.25, -0.2) is 0 Å². The van der Waals surface area contributed by atoms with Gasteiger partial charge in [-0.3, -0.25) is 4.79 Å². The van der Waals surface area contributed by atoms with Crippen molar-refractivity contribution in [2.45, 2.75) is 13.8 Å². The molecule has 0 spiro atoms. The number of hydrogen-bond donors (Lipinski definition) is 3. The smallest absolute Gasteiger partial charge is 0.266 e. The van der Waals surface area contributed by atoms with Crippen molar-refractivity contribution in [3.05, 3.63) is 23.5 Å². The summed E-state index contributed by atoms with van der Waals surface area (Å²) in [6.07, 6.45) is 3.05. The average molecular weight is 183 g/mol. The van der Waals surface area contributed by atoms with E-state index in [9.17, 15) is 4.79 Å². The van der Waals surface area contributed by atoms with Crippen LogP contribution in [-0.4, -0.2) is 13.0 Å². The minimum atomic E-state index is -0.292. The third-order valence-corrected chi connectivity index (χ3v) is 1.67. The van der Waals surface area contributed by atoms with E-state index in [-0.39, 0.29) is 17.5 Å². The zero-order valence-corrected chi connectivity index (χ0v) is 8.29. The Morgan fingerprint density at radius 1 is 1.46 bits per heavy atom. The predicted octanol–water partition coefficient (Wildman–Crippen LogP) is 0.0736. The summed E-state index contributed by atoms with van der Waals surface area (Å²) in [5.41, 5.74) is 11.9. The topological polar surface area (TPSA) is 81.1 Å². The summed E-state index contributed by atoms with van der Waals surface area (Å²) in [6, 6.07) is 0. The Bertz CT molecular complexity index is 241. The van der Waals surface area contributed by atoms with Crippen LogP contribution in [0.1, 0.15) is 13.8 Å². The van der Waals surface area contributed by atoms with Gasteiger partial charge in [0.25, 0.3) is 5.91 Å². The van der Waals surface area contributed by atoms with Gasteiger partial charge in [0.05, 0.1) is 5.70 Å². The summed E-state index contributed by atoms with van der Waals surface area (Å²) < 4.78 is 0. The second kappa shape index (κ2) is 5.24. The van der Waals surface area contributed by atoms with Gasteiger partial charge in [-0.05, 0) is 23.8 Å². The van der Waals surface area contributed by atoms with Gasteiger partial charge in [0.2, 0.25) is 0 Å². The maximum absolute atomic E-state index is 11.0. The van der Waals surface area contributed by atoms with Gasteiger partial charge in [-0.2, -0.15) is 0 Å². The number of carbonyl (C=O) groups excluding carboxylic acids is 1. The highest BCUT2D eigenvalue weighted by atomic mass is 16.1. The van der Waals surface area contributed by atoms with E-state index in [1.807, 2.05) is 13.8 Å². The molecule has 0 atom stereocenters. The largest absolute Gasteiger partial charge is 0.404 e. The Morgan fingerprint density at radius 3 is 2.31 bits per heavy atom. The molecule has 0 aromatic carbocycles. The molecule has 0 aromatic heterocycles. The molecule has 0 aliphatic carbocycles. The van der Waals surface area contributed by atoms with E-state index in [0.29, 0.717) is 0 Å². The predicted molar refractivity (Wildman–Crippen MR) is 53.4 cm³/mol. The second-order valence-electron chi connectivity index (χ2n) is 3.00. The molecule has 0 aliphatic rings. The number of likely N-dealkylation sites (N-methyl/N-ethyl adjacent to an activating group) is 1. The van der Waals surface area contributed by atoms with E-state index in [0.717, 1.165) is 5.57 Å². The Labute approximate surface area is 78.7 Å². The fourth-order valence-electron chi connectivity index (χ4n) is 0.797. The highest BCUT2D eigenvalue weighted by molar-refractivity contribution is 5.92. The molecule has 4 heteroatoms. The number of nitrogens with two attached hydrogens (primary N) is 2. The molecule has 0 unspecified atom stereocenters. The zero-order valence-electron chi connectivity index (χ0n) is 8.29. The first-order chi connectivity index (χ1) is 6.02. The first-order valence-electron chi connectivity index (χ1n) is 4.14. The molecule has 0 heterocycles. The van der Waals surface area contributed by atoms with Gasteiger partial charge >= 0.3 is 0 Å². The van der Waals surface area contributed by atoms with E-state index < -0.39 is 0 Å². The molecule has 74 valence electrons. The van der Waals surface area contributed by atoms with Gasteiger partial charge in [-0.1, -0.05) is 13.8 Å². The summed E-state index contributed by atoms with van der Waals surface area (Å²) >= 11 is 0. The van der Waals surface area contributed by atoms with Crippen molar-refractivity contribution in [1.29, 1.82) is 0 Å². The normalized spacial score (nSPS) is 13.2. The van der Waals surface area contributed by atoms with Crippen LogP contribution in [0.15, 0.2) is 23.5 Å². The summed E-state index contributed by atoms with van der Waals surface area (Å²) in [6.45, 7) is 3.96. The van der Waals surface area contributed by atoms with Crippen LogP contribution in [0.5, 0.6) is 0 Å². The average Bonchev–Trinajstić information content (AvgIpc) is 2.11. The molecule has 0 fully saturated rings. The van der Waals surface area contributed by atoms with E-state index in [4.69, 9.17) is 11.5 Å². The minimum absolute atomic E-state index is 0.174. The number of carbonyl (C=O) groups is 1. The molecule has 0 bridgehead atoms. The summed E-state index contributed by atoms with van der Waals surface area (Å²) in [5.74, 6) is -0.0341. The highest BCUT2D eigenvalue weighted by Crippen LogP contribution is 2.10. The lowest BCUT2D eigenvalue weighted by Crippen LogP contribution is -2.25. The van der Waals surface area contributed by atoms with Crippen molar-refractivity contribution in [3.63, 3.8) is 0 Å².